The Morgan fingerprint density at radius 1 is 1.26 bits per heavy atom. The van der Waals surface area contributed by atoms with Crippen LogP contribution < -0.4 is 0 Å². The predicted octanol–water partition coefficient (Wildman–Crippen LogP) is 3.50. The molecule has 0 fully saturated rings. The van der Waals surface area contributed by atoms with Crippen molar-refractivity contribution >= 4 is 0 Å². The molecule has 0 unspecified atom stereocenters. The minimum absolute atomic E-state index is 0.0965. The highest BCUT2D eigenvalue weighted by Gasteiger charge is 2.35. The minimum atomic E-state index is -3.20. The van der Waals surface area contributed by atoms with Gasteiger partial charge >= 0.3 is 6.11 Å². The topological polar surface area (TPSA) is 48.2 Å². The molecule has 1 aromatic carbocycles. The molecule has 0 amide bonds. The van der Waals surface area contributed by atoms with Crippen molar-refractivity contribution in [1.82, 2.24) is 10.1 Å². The first-order chi connectivity index (χ1) is 8.99. The summed E-state index contributed by atoms with van der Waals surface area (Å²) >= 11 is 0. The average molecular weight is 268 g/mol. The largest absolute Gasteiger partial charge is 0.358 e. The van der Waals surface area contributed by atoms with E-state index in [2.05, 4.69) is 14.9 Å². The maximum absolute atomic E-state index is 13.3. The summed E-state index contributed by atoms with van der Waals surface area (Å²) in [5.41, 5.74) is 0.733. The molecule has 0 saturated heterocycles. The van der Waals surface area contributed by atoms with Crippen LogP contribution in [-0.2, 0) is 11.3 Å². The molecule has 0 aliphatic heterocycles. The lowest BCUT2D eigenvalue weighted by atomic mass is 10.2. The van der Waals surface area contributed by atoms with Gasteiger partial charge in [0.1, 0.15) is 6.61 Å². The fraction of sp³-hybridized carbons (Fsp3) is 0.385. The zero-order valence-corrected chi connectivity index (χ0v) is 10.6. The molecule has 1 heterocycles. The normalized spacial score (nSPS) is 12.1. The third-order valence-electron chi connectivity index (χ3n) is 2.55. The number of aromatic nitrogens is 2. The quantitative estimate of drug-likeness (QED) is 0.832. The van der Waals surface area contributed by atoms with Crippen molar-refractivity contribution in [3.8, 4) is 11.5 Å². The van der Waals surface area contributed by atoms with Crippen LogP contribution in [-0.4, -0.2) is 16.2 Å². The Kier molecular flexibility index (Phi) is 3.90. The van der Waals surface area contributed by atoms with E-state index in [1.807, 2.05) is 18.2 Å². The van der Waals surface area contributed by atoms with E-state index in [9.17, 15) is 8.78 Å². The molecule has 2 aromatic rings. The summed E-state index contributed by atoms with van der Waals surface area (Å²) in [5.74, 6) is -0.528. The van der Waals surface area contributed by atoms with Crippen molar-refractivity contribution in [1.29, 1.82) is 0 Å². The van der Waals surface area contributed by atoms with E-state index in [4.69, 9.17) is 4.52 Å². The first-order valence-electron chi connectivity index (χ1n) is 5.89. The van der Waals surface area contributed by atoms with Gasteiger partial charge in [0, 0.05) is 11.5 Å². The third kappa shape index (κ3) is 3.35. The molecule has 0 aliphatic carbocycles. The molecule has 1 aromatic heterocycles. The van der Waals surface area contributed by atoms with Crippen LogP contribution in [0.3, 0.4) is 0 Å². The van der Waals surface area contributed by atoms with Crippen LogP contribution >= 0.6 is 0 Å². The number of rotatable bonds is 5. The van der Waals surface area contributed by atoms with Crippen molar-refractivity contribution < 1.29 is 18.0 Å². The molecule has 0 spiro atoms. The second-order valence-electron chi connectivity index (χ2n) is 4.39. The molecule has 4 nitrogen and oxygen atoms in total. The van der Waals surface area contributed by atoms with Crippen molar-refractivity contribution in [2.24, 2.45) is 5.92 Å². The highest BCUT2D eigenvalue weighted by Crippen LogP contribution is 2.26. The van der Waals surface area contributed by atoms with Gasteiger partial charge in [-0.05, 0) is 12.1 Å². The second kappa shape index (κ2) is 5.44. The fourth-order valence-electron chi connectivity index (χ4n) is 1.34. The molecular weight excluding hydrogens is 254 g/mol. The van der Waals surface area contributed by atoms with Crippen LogP contribution in [0.15, 0.2) is 34.9 Å². The van der Waals surface area contributed by atoms with Gasteiger partial charge in [-0.2, -0.15) is 13.8 Å². The summed E-state index contributed by atoms with van der Waals surface area (Å²) in [7, 11) is 0. The Balaban J connectivity index is 2.03. The Bertz CT molecular complexity index is 526. The summed E-state index contributed by atoms with van der Waals surface area (Å²) in [6, 6.07) is 9.08. The van der Waals surface area contributed by atoms with Gasteiger partial charge in [-0.15, -0.1) is 0 Å². The van der Waals surface area contributed by atoms with Crippen molar-refractivity contribution in [3.63, 3.8) is 0 Å². The summed E-state index contributed by atoms with van der Waals surface area (Å²) in [6.07, 6.45) is -3.20. The van der Waals surface area contributed by atoms with Crippen LogP contribution in [0.25, 0.3) is 11.5 Å². The number of halogens is 2. The smallest absolute Gasteiger partial charge is 0.334 e. The van der Waals surface area contributed by atoms with Crippen LogP contribution in [0, 0.1) is 5.92 Å². The molecule has 0 bridgehead atoms. The number of alkyl halides is 2. The third-order valence-corrected chi connectivity index (χ3v) is 2.55. The molecule has 2 rings (SSSR count). The van der Waals surface area contributed by atoms with Crippen LogP contribution in [0.2, 0.25) is 0 Å². The fourth-order valence-corrected chi connectivity index (χ4v) is 1.34. The molecular formula is C13H14F2N2O2. The van der Waals surface area contributed by atoms with Gasteiger partial charge in [0.25, 0.3) is 5.89 Å². The van der Waals surface area contributed by atoms with Crippen molar-refractivity contribution in [2.75, 3.05) is 0 Å². The second-order valence-corrected chi connectivity index (χ2v) is 4.39. The van der Waals surface area contributed by atoms with Crippen molar-refractivity contribution in [2.45, 2.75) is 26.6 Å². The zero-order chi connectivity index (χ0) is 13.9. The van der Waals surface area contributed by atoms with E-state index < -0.39 is 12.0 Å². The van der Waals surface area contributed by atoms with Gasteiger partial charge in [-0.25, -0.2) is 0 Å². The number of hydrogen-bond donors (Lipinski definition) is 0. The van der Waals surface area contributed by atoms with Gasteiger partial charge in [-0.1, -0.05) is 37.2 Å². The molecule has 0 N–H and O–H groups in total. The number of nitrogens with zero attached hydrogens (tertiary/aromatic N) is 2. The first kappa shape index (κ1) is 13.6. The van der Waals surface area contributed by atoms with E-state index >= 15 is 0 Å². The lowest BCUT2D eigenvalue weighted by Gasteiger charge is -2.19. The van der Waals surface area contributed by atoms with Crippen LogP contribution in [0.4, 0.5) is 8.78 Å². The standard InChI is InChI=1S/C13H14F2N2O2/c1-9(2)13(14,15)18-8-11-16-12(19-17-11)10-6-4-3-5-7-10/h3-7,9H,8H2,1-2H3. The Labute approximate surface area is 109 Å². The first-order valence-corrected chi connectivity index (χ1v) is 5.89. The molecule has 0 aliphatic rings. The maximum Gasteiger partial charge on any atom is 0.358 e. The highest BCUT2D eigenvalue weighted by atomic mass is 19.3. The molecule has 6 heteroatoms. The molecule has 19 heavy (non-hydrogen) atoms. The van der Waals surface area contributed by atoms with E-state index in [-0.39, 0.29) is 18.3 Å². The minimum Gasteiger partial charge on any atom is -0.334 e. The summed E-state index contributed by atoms with van der Waals surface area (Å²) < 4.78 is 36.0. The Hall–Kier alpha value is -1.82. The average Bonchev–Trinajstić information content (AvgIpc) is 2.86. The maximum atomic E-state index is 13.3. The van der Waals surface area contributed by atoms with Gasteiger partial charge < -0.3 is 9.26 Å². The monoisotopic (exact) mass is 268 g/mol. The van der Waals surface area contributed by atoms with E-state index in [1.54, 1.807) is 12.1 Å². The molecule has 0 radical (unpaired) electrons. The summed E-state index contributed by atoms with van der Waals surface area (Å²) in [6.45, 7) is 2.37. The van der Waals surface area contributed by atoms with E-state index in [0.29, 0.717) is 0 Å². The van der Waals surface area contributed by atoms with E-state index in [1.165, 1.54) is 13.8 Å². The van der Waals surface area contributed by atoms with Gasteiger partial charge in [-0.3, -0.25) is 0 Å². The lowest BCUT2D eigenvalue weighted by molar-refractivity contribution is -0.272. The zero-order valence-electron chi connectivity index (χ0n) is 10.6. The van der Waals surface area contributed by atoms with Crippen LogP contribution in [0.1, 0.15) is 19.7 Å². The highest BCUT2D eigenvalue weighted by molar-refractivity contribution is 5.51. The van der Waals surface area contributed by atoms with E-state index in [0.717, 1.165) is 5.56 Å². The van der Waals surface area contributed by atoms with Gasteiger partial charge in [0.15, 0.2) is 5.82 Å². The summed E-state index contributed by atoms with van der Waals surface area (Å²) in [4.78, 5) is 4.01. The van der Waals surface area contributed by atoms with Crippen molar-refractivity contribution in [3.05, 3.63) is 36.2 Å². The summed E-state index contributed by atoms with van der Waals surface area (Å²) in [5, 5.41) is 3.61. The Morgan fingerprint density at radius 2 is 1.95 bits per heavy atom. The number of benzene rings is 1. The number of ether oxygens (including phenoxy) is 1. The van der Waals surface area contributed by atoms with Crippen LogP contribution in [0.5, 0.6) is 0 Å². The number of hydrogen-bond acceptors (Lipinski definition) is 4. The molecule has 102 valence electrons. The predicted molar refractivity (Wildman–Crippen MR) is 64.3 cm³/mol. The van der Waals surface area contributed by atoms with Gasteiger partial charge in [0.2, 0.25) is 0 Å². The van der Waals surface area contributed by atoms with Gasteiger partial charge in [0.05, 0.1) is 0 Å². The molecule has 0 saturated carbocycles. The SMILES string of the molecule is CC(C)C(F)(F)OCc1noc(-c2ccccc2)n1. The Morgan fingerprint density at radius 3 is 2.58 bits per heavy atom. The molecule has 0 atom stereocenters. The lowest BCUT2D eigenvalue weighted by Crippen LogP contribution is -2.27.